The second kappa shape index (κ2) is 7.87. The first-order valence-corrected chi connectivity index (χ1v) is 9.05. The predicted octanol–water partition coefficient (Wildman–Crippen LogP) is 4.08. The molecule has 25 heavy (non-hydrogen) atoms. The summed E-state index contributed by atoms with van der Waals surface area (Å²) >= 11 is 1.33. The van der Waals surface area contributed by atoms with E-state index in [4.69, 9.17) is 4.74 Å². The molecule has 0 saturated heterocycles. The minimum atomic E-state index is -0.353. The van der Waals surface area contributed by atoms with Gasteiger partial charge in [-0.2, -0.15) is 0 Å². The van der Waals surface area contributed by atoms with Crippen molar-refractivity contribution in [3.05, 3.63) is 42.5 Å². The molecule has 0 amide bonds. The van der Waals surface area contributed by atoms with E-state index in [-0.39, 0.29) is 16.6 Å². The Morgan fingerprint density at radius 3 is 2.48 bits per heavy atom. The van der Waals surface area contributed by atoms with Gasteiger partial charge in [0.1, 0.15) is 5.25 Å². The highest BCUT2D eigenvalue weighted by Crippen LogP contribution is 2.29. The van der Waals surface area contributed by atoms with E-state index in [1.165, 1.54) is 24.4 Å². The van der Waals surface area contributed by atoms with Crippen molar-refractivity contribution in [1.82, 2.24) is 14.8 Å². The number of thioether (sulfide) groups is 1. The van der Waals surface area contributed by atoms with E-state index < -0.39 is 0 Å². The highest BCUT2D eigenvalue weighted by atomic mass is 32.2. The average molecular weight is 359 g/mol. The van der Waals surface area contributed by atoms with Gasteiger partial charge in [-0.15, -0.1) is 16.8 Å². The van der Waals surface area contributed by atoms with Crippen LogP contribution < -0.4 is 0 Å². The van der Waals surface area contributed by atoms with Crippen molar-refractivity contribution in [3.8, 4) is 11.4 Å². The van der Waals surface area contributed by atoms with Crippen molar-refractivity contribution >= 4 is 17.7 Å². The Hall–Kier alpha value is -2.08. The molecule has 0 spiro atoms. The Labute approximate surface area is 153 Å². The summed E-state index contributed by atoms with van der Waals surface area (Å²) in [6.45, 7) is 12.7. The summed E-state index contributed by atoms with van der Waals surface area (Å²) in [5.74, 6) is 0.481. The first-order valence-electron chi connectivity index (χ1n) is 8.17. The van der Waals surface area contributed by atoms with Crippen molar-refractivity contribution in [3.63, 3.8) is 0 Å². The molecule has 1 atom stereocenters. The van der Waals surface area contributed by atoms with Gasteiger partial charge in [-0.25, -0.2) is 0 Å². The third kappa shape index (κ3) is 4.51. The minimum absolute atomic E-state index is 0.101. The van der Waals surface area contributed by atoms with Gasteiger partial charge < -0.3 is 4.74 Å². The average Bonchev–Trinajstić information content (AvgIpc) is 2.96. The molecule has 5 nitrogen and oxygen atoms in total. The molecule has 6 heteroatoms. The van der Waals surface area contributed by atoms with Crippen molar-refractivity contribution < 1.29 is 9.53 Å². The van der Waals surface area contributed by atoms with Crippen molar-refractivity contribution in [2.75, 3.05) is 7.11 Å². The summed E-state index contributed by atoms with van der Waals surface area (Å²) in [6, 6.07) is 8.35. The summed E-state index contributed by atoms with van der Waals surface area (Å²) in [7, 11) is 1.38. The first kappa shape index (κ1) is 19.2. The Morgan fingerprint density at radius 1 is 1.32 bits per heavy atom. The number of ether oxygens (including phenoxy) is 1. The van der Waals surface area contributed by atoms with Gasteiger partial charge in [0, 0.05) is 12.1 Å². The monoisotopic (exact) mass is 359 g/mol. The van der Waals surface area contributed by atoms with Crippen LogP contribution in [0, 0.1) is 0 Å². The molecule has 0 aliphatic heterocycles. The maximum Gasteiger partial charge on any atom is 0.318 e. The van der Waals surface area contributed by atoms with Crippen LogP contribution in [0.3, 0.4) is 0 Å². The molecule has 0 aliphatic rings. The molecule has 1 unspecified atom stereocenters. The lowest BCUT2D eigenvalue weighted by Gasteiger charge is -2.19. The summed E-state index contributed by atoms with van der Waals surface area (Å²) in [5, 5.41) is 8.91. The van der Waals surface area contributed by atoms with E-state index in [0.717, 1.165) is 11.4 Å². The molecule has 1 heterocycles. The summed E-state index contributed by atoms with van der Waals surface area (Å²) < 4.78 is 6.74. The van der Waals surface area contributed by atoms with Crippen LogP contribution in [0.4, 0.5) is 0 Å². The Bertz CT molecular complexity index is 745. The van der Waals surface area contributed by atoms with Gasteiger partial charge in [-0.05, 0) is 17.9 Å². The lowest BCUT2D eigenvalue weighted by molar-refractivity contribution is -0.139. The van der Waals surface area contributed by atoms with E-state index in [9.17, 15) is 4.79 Å². The van der Waals surface area contributed by atoms with Crippen LogP contribution in [0.2, 0.25) is 0 Å². The lowest BCUT2D eigenvalue weighted by Crippen LogP contribution is -2.15. The maximum atomic E-state index is 11.7. The Kier molecular flexibility index (Phi) is 6.06. The number of rotatable bonds is 6. The van der Waals surface area contributed by atoms with Crippen LogP contribution in [-0.2, 0) is 21.5 Å². The predicted molar refractivity (Wildman–Crippen MR) is 102 cm³/mol. The largest absolute Gasteiger partial charge is 0.468 e. The van der Waals surface area contributed by atoms with Gasteiger partial charge in [-0.1, -0.05) is 62.9 Å². The van der Waals surface area contributed by atoms with E-state index >= 15 is 0 Å². The third-order valence-electron chi connectivity index (χ3n) is 3.85. The number of nitrogens with zero attached hydrogens (tertiary/aromatic N) is 3. The topological polar surface area (TPSA) is 57.0 Å². The van der Waals surface area contributed by atoms with Crippen LogP contribution in [0.15, 0.2) is 42.1 Å². The highest BCUT2D eigenvalue weighted by Gasteiger charge is 2.21. The number of carbonyl (C=O) groups is 1. The lowest BCUT2D eigenvalue weighted by atomic mass is 9.87. The van der Waals surface area contributed by atoms with Crippen molar-refractivity contribution in [1.29, 1.82) is 0 Å². The molecule has 2 rings (SSSR count). The number of aromatic nitrogens is 3. The number of methoxy groups -OCH3 is 1. The maximum absolute atomic E-state index is 11.7. The van der Waals surface area contributed by atoms with Crippen molar-refractivity contribution in [2.24, 2.45) is 0 Å². The van der Waals surface area contributed by atoms with E-state index in [1.807, 2.05) is 4.57 Å². The molecule has 0 radical (unpaired) electrons. The van der Waals surface area contributed by atoms with Gasteiger partial charge >= 0.3 is 5.97 Å². The number of esters is 1. The second-order valence-electron chi connectivity index (χ2n) is 6.82. The normalized spacial score (nSPS) is 12.7. The van der Waals surface area contributed by atoms with Crippen LogP contribution in [0.5, 0.6) is 0 Å². The van der Waals surface area contributed by atoms with Crippen LogP contribution in [0.25, 0.3) is 11.4 Å². The summed E-state index contributed by atoms with van der Waals surface area (Å²) in [6.07, 6.45) is 1.79. The first-order chi connectivity index (χ1) is 11.8. The summed E-state index contributed by atoms with van der Waals surface area (Å²) in [5.41, 5.74) is 2.35. The fraction of sp³-hybridized carbons (Fsp3) is 0.421. The second-order valence-corrected chi connectivity index (χ2v) is 8.12. The third-order valence-corrected chi connectivity index (χ3v) is 4.91. The van der Waals surface area contributed by atoms with Gasteiger partial charge in [0.2, 0.25) is 0 Å². The molecule has 0 saturated carbocycles. The quantitative estimate of drug-likeness (QED) is 0.442. The Balaban J connectivity index is 2.35. The highest BCUT2D eigenvalue weighted by molar-refractivity contribution is 8.00. The number of hydrogen-bond donors (Lipinski definition) is 0. The zero-order valence-corrected chi connectivity index (χ0v) is 16.3. The number of carbonyl (C=O) groups excluding carboxylic acids is 1. The molecule has 134 valence electrons. The molecular formula is C19H25N3O2S. The fourth-order valence-electron chi connectivity index (χ4n) is 2.37. The zero-order valence-electron chi connectivity index (χ0n) is 15.4. The molecule has 1 aromatic carbocycles. The zero-order chi connectivity index (χ0) is 18.6. The van der Waals surface area contributed by atoms with Crippen molar-refractivity contribution in [2.45, 2.75) is 50.1 Å². The van der Waals surface area contributed by atoms with E-state index in [2.05, 4.69) is 61.8 Å². The summed E-state index contributed by atoms with van der Waals surface area (Å²) in [4.78, 5) is 11.7. The molecule has 2 aromatic rings. The molecule has 0 fully saturated rings. The van der Waals surface area contributed by atoms with Gasteiger partial charge in [0.25, 0.3) is 0 Å². The van der Waals surface area contributed by atoms with E-state index in [1.54, 1.807) is 13.0 Å². The number of allylic oxidation sites excluding steroid dienone is 1. The van der Waals surface area contributed by atoms with Crippen LogP contribution in [0.1, 0.15) is 33.3 Å². The van der Waals surface area contributed by atoms with Crippen LogP contribution >= 0.6 is 11.8 Å². The van der Waals surface area contributed by atoms with Gasteiger partial charge in [0.05, 0.1) is 7.11 Å². The smallest absolute Gasteiger partial charge is 0.318 e. The Morgan fingerprint density at radius 2 is 1.96 bits per heavy atom. The fourth-order valence-corrected chi connectivity index (χ4v) is 3.26. The SMILES string of the molecule is C=CCn1c(SC(C)C(=O)OC)nnc1-c1ccc(C(C)(C)C)cc1. The van der Waals surface area contributed by atoms with Gasteiger partial charge in [0.15, 0.2) is 11.0 Å². The molecule has 0 aliphatic carbocycles. The number of hydrogen-bond acceptors (Lipinski definition) is 5. The molecular weight excluding hydrogens is 334 g/mol. The number of benzene rings is 1. The standard InChI is InChI=1S/C19H25N3O2S/c1-7-12-22-16(14-8-10-15(11-9-14)19(3,4)5)20-21-18(22)25-13(2)17(23)24-6/h7-11,13H,1,12H2,2-6H3. The molecule has 1 aromatic heterocycles. The van der Waals surface area contributed by atoms with E-state index in [0.29, 0.717) is 11.7 Å². The molecule has 0 N–H and O–H groups in total. The van der Waals surface area contributed by atoms with Gasteiger partial charge in [-0.3, -0.25) is 9.36 Å². The van der Waals surface area contributed by atoms with Crippen LogP contribution in [-0.4, -0.2) is 33.1 Å². The minimum Gasteiger partial charge on any atom is -0.468 e. The molecule has 0 bridgehead atoms.